The molecule has 0 aliphatic rings. The number of thiophene rings is 2. The summed E-state index contributed by atoms with van der Waals surface area (Å²) in [5.41, 5.74) is 5.02. The summed E-state index contributed by atoms with van der Waals surface area (Å²) in [5.74, 6) is 0. The van der Waals surface area contributed by atoms with E-state index in [4.69, 9.17) is 0 Å². The van der Waals surface area contributed by atoms with Gasteiger partial charge in [-0.25, -0.2) is 0 Å². The molecule has 0 aliphatic heterocycles. The Bertz CT molecular complexity index is 1230. The van der Waals surface area contributed by atoms with Crippen LogP contribution in [0.15, 0.2) is 72.8 Å². The van der Waals surface area contributed by atoms with Crippen LogP contribution in [0.5, 0.6) is 0 Å². The van der Waals surface area contributed by atoms with Crippen molar-refractivity contribution in [2.75, 3.05) is 0 Å². The molecular formula is C40H50S2. The van der Waals surface area contributed by atoms with Gasteiger partial charge in [0.05, 0.1) is 0 Å². The van der Waals surface area contributed by atoms with Crippen molar-refractivity contribution in [2.24, 2.45) is 0 Å². The van der Waals surface area contributed by atoms with Crippen LogP contribution in [0.4, 0.5) is 0 Å². The molecule has 0 spiro atoms. The topological polar surface area (TPSA) is 0 Å². The summed E-state index contributed by atoms with van der Waals surface area (Å²) in [7, 11) is 0. The lowest BCUT2D eigenvalue weighted by Gasteiger charge is -2.03. The highest BCUT2D eigenvalue weighted by Crippen LogP contribution is 2.25. The summed E-state index contributed by atoms with van der Waals surface area (Å²) >= 11 is 3.88. The van der Waals surface area contributed by atoms with E-state index in [0.717, 1.165) is 0 Å². The summed E-state index contributed by atoms with van der Waals surface area (Å²) in [6.07, 6.45) is 27.8. The number of hydrogen-bond donors (Lipinski definition) is 0. The quantitative estimate of drug-likeness (QED) is 0.0947. The van der Waals surface area contributed by atoms with Crippen molar-refractivity contribution >= 4 is 47.0 Å². The van der Waals surface area contributed by atoms with E-state index in [1.807, 2.05) is 22.7 Å². The third-order valence-electron chi connectivity index (χ3n) is 7.95. The first kappa shape index (κ1) is 32.2. The number of unbranched alkanes of at least 4 members (excludes halogenated alkanes) is 10. The van der Waals surface area contributed by atoms with Gasteiger partial charge >= 0.3 is 0 Å². The molecule has 0 aliphatic carbocycles. The van der Waals surface area contributed by atoms with Crippen LogP contribution in [0, 0.1) is 0 Å². The largest absolute Gasteiger partial charge is 0.141 e. The van der Waals surface area contributed by atoms with E-state index in [9.17, 15) is 0 Å². The summed E-state index contributed by atoms with van der Waals surface area (Å²) in [4.78, 5) is 5.73. The maximum Gasteiger partial charge on any atom is 0.0273 e. The molecule has 0 nitrogen and oxygen atoms in total. The van der Waals surface area contributed by atoms with E-state index in [1.165, 1.54) is 132 Å². The molecule has 2 aromatic carbocycles. The van der Waals surface area contributed by atoms with Crippen LogP contribution in [0.3, 0.4) is 0 Å². The zero-order valence-electron chi connectivity index (χ0n) is 26.0. The average molecular weight is 595 g/mol. The Labute approximate surface area is 264 Å². The molecule has 0 saturated heterocycles. The van der Waals surface area contributed by atoms with E-state index in [0.29, 0.717) is 0 Å². The molecule has 42 heavy (non-hydrogen) atoms. The Hall–Kier alpha value is -2.68. The Morgan fingerprint density at radius 2 is 0.786 bits per heavy atom. The zero-order valence-corrected chi connectivity index (χ0v) is 27.6. The molecule has 2 aromatic heterocycles. The molecule has 0 saturated carbocycles. The van der Waals surface area contributed by atoms with Crippen molar-refractivity contribution in [3.63, 3.8) is 0 Å². The maximum atomic E-state index is 2.31. The van der Waals surface area contributed by atoms with E-state index < -0.39 is 0 Å². The molecule has 0 amide bonds. The zero-order chi connectivity index (χ0) is 29.2. The SMILES string of the molecule is CCCCCCCCc1ccc(C=Cc2ccc(-c3ccc(C=Cc4ccc(CCCCCCCC)s4)cc3)cc2)s1. The Morgan fingerprint density at radius 1 is 0.405 bits per heavy atom. The minimum atomic E-state index is 1.22. The first-order valence-corrected chi connectivity index (χ1v) is 18.1. The highest BCUT2D eigenvalue weighted by Gasteiger charge is 2.02. The minimum absolute atomic E-state index is 1.22. The van der Waals surface area contributed by atoms with Crippen LogP contribution >= 0.6 is 22.7 Å². The predicted molar refractivity (Wildman–Crippen MR) is 193 cm³/mol. The summed E-state index contributed by atoms with van der Waals surface area (Å²) in [6, 6.07) is 27.0. The lowest BCUT2D eigenvalue weighted by atomic mass is 10.0. The van der Waals surface area contributed by atoms with Gasteiger partial charge in [0.1, 0.15) is 0 Å². The van der Waals surface area contributed by atoms with Crippen molar-refractivity contribution in [2.45, 2.75) is 104 Å². The van der Waals surface area contributed by atoms with Gasteiger partial charge in [-0.1, -0.05) is 139 Å². The second-order valence-electron chi connectivity index (χ2n) is 11.6. The molecule has 0 N–H and O–H groups in total. The Balaban J connectivity index is 1.21. The van der Waals surface area contributed by atoms with E-state index >= 15 is 0 Å². The predicted octanol–water partition coefficient (Wildman–Crippen LogP) is 13.6. The third-order valence-corrected chi connectivity index (χ3v) is 10.2. The van der Waals surface area contributed by atoms with Gasteiger partial charge in [0.25, 0.3) is 0 Å². The molecule has 2 heterocycles. The van der Waals surface area contributed by atoms with E-state index in [2.05, 4.69) is 111 Å². The molecule has 0 bridgehead atoms. The Kier molecular flexibility index (Phi) is 14.4. The minimum Gasteiger partial charge on any atom is -0.141 e. The monoisotopic (exact) mass is 594 g/mol. The highest BCUT2D eigenvalue weighted by molar-refractivity contribution is 7.13. The maximum absolute atomic E-state index is 2.31. The van der Waals surface area contributed by atoms with Crippen molar-refractivity contribution in [1.29, 1.82) is 0 Å². The van der Waals surface area contributed by atoms with Crippen LogP contribution in [0.25, 0.3) is 35.4 Å². The van der Waals surface area contributed by atoms with Crippen LogP contribution < -0.4 is 0 Å². The molecule has 2 heteroatoms. The second kappa shape index (κ2) is 18.8. The van der Waals surface area contributed by atoms with Crippen molar-refractivity contribution in [3.05, 3.63) is 103 Å². The first-order chi connectivity index (χ1) is 20.7. The van der Waals surface area contributed by atoms with Crippen molar-refractivity contribution < 1.29 is 0 Å². The third kappa shape index (κ3) is 11.5. The second-order valence-corrected chi connectivity index (χ2v) is 14.0. The fourth-order valence-electron chi connectivity index (χ4n) is 5.33. The fraction of sp³-hybridized carbons (Fsp3) is 0.400. The van der Waals surface area contributed by atoms with Crippen LogP contribution in [0.2, 0.25) is 0 Å². The molecule has 0 fully saturated rings. The highest BCUT2D eigenvalue weighted by atomic mass is 32.1. The van der Waals surface area contributed by atoms with Crippen molar-refractivity contribution in [3.8, 4) is 11.1 Å². The van der Waals surface area contributed by atoms with Crippen LogP contribution in [-0.4, -0.2) is 0 Å². The lowest BCUT2D eigenvalue weighted by Crippen LogP contribution is -1.82. The average Bonchev–Trinajstić information content (AvgIpc) is 3.68. The molecule has 0 atom stereocenters. The summed E-state index contributed by atoms with van der Waals surface area (Å²) < 4.78 is 0. The van der Waals surface area contributed by atoms with Gasteiger partial charge in [0.2, 0.25) is 0 Å². The smallest absolute Gasteiger partial charge is 0.0273 e. The molecule has 0 radical (unpaired) electrons. The number of rotatable bonds is 19. The molecule has 222 valence electrons. The summed E-state index contributed by atoms with van der Waals surface area (Å²) in [5, 5.41) is 0. The normalized spacial score (nSPS) is 11.8. The number of benzene rings is 2. The fourth-order valence-corrected chi connectivity index (χ4v) is 7.24. The Morgan fingerprint density at radius 3 is 1.19 bits per heavy atom. The van der Waals surface area contributed by atoms with Gasteiger partial charge in [-0.15, -0.1) is 22.7 Å². The van der Waals surface area contributed by atoms with Crippen LogP contribution in [0.1, 0.15) is 122 Å². The number of hydrogen-bond acceptors (Lipinski definition) is 2. The van der Waals surface area contributed by atoms with Gasteiger partial charge in [-0.2, -0.15) is 0 Å². The van der Waals surface area contributed by atoms with Gasteiger partial charge in [0.15, 0.2) is 0 Å². The van der Waals surface area contributed by atoms with Gasteiger partial charge in [-0.05, 0) is 84.4 Å². The van der Waals surface area contributed by atoms with Crippen molar-refractivity contribution in [1.82, 2.24) is 0 Å². The molecular weight excluding hydrogens is 545 g/mol. The van der Waals surface area contributed by atoms with Gasteiger partial charge in [0, 0.05) is 19.5 Å². The van der Waals surface area contributed by atoms with Gasteiger partial charge < -0.3 is 0 Å². The van der Waals surface area contributed by atoms with Crippen LogP contribution in [-0.2, 0) is 12.8 Å². The summed E-state index contributed by atoms with van der Waals surface area (Å²) in [6.45, 7) is 4.56. The first-order valence-electron chi connectivity index (χ1n) is 16.5. The number of aryl methyl sites for hydroxylation is 2. The molecule has 4 aromatic rings. The molecule has 0 unspecified atom stereocenters. The molecule has 4 rings (SSSR count). The van der Waals surface area contributed by atoms with E-state index in [-0.39, 0.29) is 0 Å². The lowest BCUT2D eigenvalue weighted by molar-refractivity contribution is 0.609. The van der Waals surface area contributed by atoms with Gasteiger partial charge in [-0.3, -0.25) is 0 Å². The standard InChI is InChI=1S/C40H50S2/c1-3-5-7-9-11-13-15-37-29-31-39(41-37)27-21-33-17-23-35(24-18-33)36-25-19-34(20-26-36)22-28-40-32-30-38(42-40)16-14-12-10-8-6-4-2/h17-32H,3-16H2,1-2H3. The van der Waals surface area contributed by atoms with E-state index in [1.54, 1.807) is 0 Å².